The van der Waals surface area contributed by atoms with E-state index in [-0.39, 0.29) is 29.2 Å². The topological polar surface area (TPSA) is 108 Å². The zero-order valence-corrected chi connectivity index (χ0v) is 17.2. The number of aryl methyl sites for hydroxylation is 1. The molecule has 0 spiro atoms. The number of hydrogen-bond donors (Lipinski definition) is 1. The van der Waals surface area contributed by atoms with E-state index in [0.29, 0.717) is 23.4 Å². The molecule has 1 unspecified atom stereocenters. The van der Waals surface area contributed by atoms with Crippen LogP contribution in [0.1, 0.15) is 41.0 Å². The molecule has 0 saturated heterocycles. The minimum Gasteiger partial charge on any atom is -0.457 e. The monoisotopic (exact) mass is 416 g/mol. The third kappa shape index (κ3) is 4.65. The van der Waals surface area contributed by atoms with Gasteiger partial charge in [-0.15, -0.1) is 0 Å². The van der Waals surface area contributed by atoms with Gasteiger partial charge in [0.05, 0.1) is 10.8 Å². The van der Waals surface area contributed by atoms with Gasteiger partial charge in [-0.25, -0.2) is 13.6 Å². The van der Waals surface area contributed by atoms with Crippen LogP contribution in [-0.4, -0.2) is 31.3 Å². The van der Waals surface area contributed by atoms with Gasteiger partial charge in [-0.1, -0.05) is 12.2 Å². The van der Waals surface area contributed by atoms with Crippen molar-refractivity contribution in [3.8, 4) is 5.69 Å². The molecule has 2 N–H and O–H groups in total. The molecule has 0 bridgehead atoms. The first kappa shape index (κ1) is 21.0. The summed E-state index contributed by atoms with van der Waals surface area (Å²) in [7, 11) is -3.77. The molecule has 1 aliphatic carbocycles. The quantitative estimate of drug-likeness (QED) is 0.442. The highest BCUT2D eigenvalue weighted by Gasteiger charge is 2.23. The molecular formula is C21H24N2O5S. The fraction of sp³-hybridized carbons (Fsp3) is 0.333. The number of allylic oxidation sites excluding steroid dienone is 2. The van der Waals surface area contributed by atoms with Gasteiger partial charge in [-0.3, -0.25) is 9.59 Å². The van der Waals surface area contributed by atoms with E-state index in [2.05, 4.69) is 0 Å². The zero-order valence-electron chi connectivity index (χ0n) is 16.4. The molecule has 29 heavy (non-hydrogen) atoms. The number of ketones is 1. The van der Waals surface area contributed by atoms with Crippen LogP contribution < -0.4 is 5.14 Å². The molecule has 1 aromatic heterocycles. The summed E-state index contributed by atoms with van der Waals surface area (Å²) in [6, 6.07) is 7.84. The van der Waals surface area contributed by atoms with Gasteiger partial charge in [-0.2, -0.15) is 0 Å². The van der Waals surface area contributed by atoms with Crippen molar-refractivity contribution >= 4 is 21.8 Å². The smallest absolute Gasteiger partial charge is 0.309 e. The Labute approximate surface area is 170 Å². The highest BCUT2D eigenvalue weighted by Crippen LogP contribution is 2.23. The Balaban J connectivity index is 1.75. The van der Waals surface area contributed by atoms with E-state index in [9.17, 15) is 18.0 Å². The fourth-order valence-electron chi connectivity index (χ4n) is 3.57. The van der Waals surface area contributed by atoms with Crippen LogP contribution in [0.5, 0.6) is 0 Å². The highest BCUT2D eigenvalue weighted by atomic mass is 32.2. The van der Waals surface area contributed by atoms with Crippen molar-refractivity contribution in [2.24, 2.45) is 11.1 Å². The minimum absolute atomic E-state index is 0.0180. The first-order valence-electron chi connectivity index (χ1n) is 9.35. The van der Waals surface area contributed by atoms with E-state index < -0.39 is 10.0 Å². The van der Waals surface area contributed by atoms with E-state index >= 15 is 0 Å². The number of esters is 1. The summed E-state index contributed by atoms with van der Waals surface area (Å²) in [5.41, 5.74) is 2.66. The number of carbonyl (C=O) groups excluding carboxylic acids is 2. The van der Waals surface area contributed by atoms with Gasteiger partial charge < -0.3 is 9.30 Å². The van der Waals surface area contributed by atoms with Crippen LogP contribution in [0.3, 0.4) is 0 Å². The van der Waals surface area contributed by atoms with Crippen molar-refractivity contribution in [2.45, 2.75) is 38.0 Å². The Morgan fingerprint density at radius 1 is 1.17 bits per heavy atom. The fourth-order valence-corrected chi connectivity index (χ4v) is 4.08. The van der Waals surface area contributed by atoms with Crippen LogP contribution in [-0.2, 0) is 19.6 Å². The largest absolute Gasteiger partial charge is 0.457 e. The van der Waals surface area contributed by atoms with Gasteiger partial charge in [0.15, 0.2) is 6.61 Å². The number of primary sulfonamides is 1. The molecular weight excluding hydrogens is 392 g/mol. The van der Waals surface area contributed by atoms with Gasteiger partial charge in [0.1, 0.15) is 0 Å². The average molecular weight is 416 g/mol. The van der Waals surface area contributed by atoms with Gasteiger partial charge in [0.25, 0.3) is 0 Å². The second-order valence-electron chi connectivity index (χ2n) is 7.17. The molecule has 1 heterocycles. The number of Topliss-reactive ketones (excluding diaryl/α,β-unsaturated/α-hetero) is 1. The number of sulfonamides is 1. The van der Waals surface area contributed by atoms with Crippen LogP contribution in [0.15, 0.2) is 47.4 Å². The Hall–Kier alpha value is -2.71. The van der Waals surface area contributed by atoms with E-state index in [1.54, 1.807) is 25.1 Å². The molecule has 8 heteroatoms. The van der Waals surface area contributed by atoms with E-state index in [0.717, 1.165) is 18.5 Å². The average Bonchev–Trinajstić information content (AvgIpc) is 3.00. The Bertz CT molecular complexity index is 1070. The number of hydrogen-bond acceptors (Lipinski definition) is 5. The van der Waals surface area contributed by atoms with Crippen LogP contribution in [0, 0.1) is 19.8 Å². The Morgan fingerprint density at radius 2 is 1.86 bits per heavy atom. The van der Waals surface area contributed by atoms with Crippen molar-refractivity contribution in [1.82, 2.24) is 4.57 Å². The lowest BCUT2D eigenvalue weighted by molar-refractivity contribution is -0.147. The van der Waals surface area contributed by atoms with Crippen LogP contribution in [0.25, 0.3) is 5.69 Å². The van der Waals surface area contributed by atoms with E-state index in [1.807, 2.05) is 23.6 Å². The van der Waals surface area contributed by atoms with Crippen molar-refractivity contribution < 1.29 is 22.7 Å². The summed E-state index contributed by atoms with van der Waals surface area (Å²) < 4.78 is 30.0. The number of carbonyl (C=O) groups is 2. The Morgan fingerprint density at radius 3 is 2.45 bits per heavy atom. The van der Waals surface area contributed by atoms with E-state index in [4.69, 9.17) is 9.88 Å². The number of benzene rings is 1. The molecule has 0 fully saturated rings. The Kier molecular flexibility index (Phi) is 6.04. The molecule has 1 aliphatic rings. The lowest BCUT2D eigenvalue weighted by atomic mass is 9.95. The summed E-state index contributed by atoms with van der Waals surface area (Å²) in [4.78, 5) is 24.8. The van der Waals surface area contributed by atoms with E-state index in [1.165, 1.54) is 12.1 Å². The summed E-state index contributed by atoms with van der Waals surface area (Å²) in [5.74, 6) is -0.794. The molecule has 0 aliphatic heterocycles. The van der Waals surface area contributed by atoms with Crippen LogP contribution in [0.2, 0.25) is 0 Å². The van der Waals surface area contributed by atoms with Gasteiger partial charge >= 0.3 is 5.97 Å². The standard InChI is InChI=1S/C21H24N2O5S/c1-14-12-19(20(24)13-28-21(25)16-6-4-3-5-7-16)15(2)23(14)17-8-10-18(11-9-17)29(22,26)27/h3-4,8-12,16H,5-7,13H2,1-2H3,(H2,22,26,27). The van der Waals surface area contributed by atoms with Gasteiger partial charge in [-0.05, 0) is 63.4 Å². The molecule has 0 amide bonds. The molecule has 0 saturated carbocycles. The predicted octanol–water partition coefficient (Wildman–Crippen LogP) is 2.82. The molecule has 154 valence electrons. The van der Waals surface area contributed by atoms with Crippen molar-refractivity contribution in [2.75, 3.05) is 6.61 Å². The summed E-state index contributed by atoms with van der Waals surface area (Å²) >= 11 is 0. The van der Waals surface area contributed by atoms with Crippen molar-refractivity contribution in [1.29, 1.82) is 0 Å². The summed E-state index contributed by atoms with van der Waals surface area (Å²) in [5, 5.41) is 5.14. The molecule has 0 radical (unpaired) electrons. The maximum absolute atomic E-state index is 12.6. The molecule has 1 atom stereocenters. The third-order valence-corrected chi connectivity index (χ3v) is 6.03. The van der Waals surface area contributed by atoms with Gasteiger partial charge in [0, 0.05) is 22.6 Å². The molecule has 1 aromatic carbocycles. The third-order valence-electron chi connectivity index (χ3n) is 5.10. The minimum atomic E-state index is -3.77. The molecule has 3 rings (SSSR count). The number of nitrogens with two attached hydrogens (primary N) is 1. The summed E-state index contributed by atoms with van der Waals surface area (Å²) in [6.07, 6.45) is 6.24. The maximum Gasteiger partial charge on any atom is 0.309 e. The van der Waals surface area contributed by atoms with Crippen LogP contribution >= 0.6 is 0 Å². The van der Waals surface area contributed by atoms with Crippen LogP contribution in [0.4, 0.5) is 0 Å². The zero-order chi connectivity index (χ0) is 21.2. The number of aromatic nitrogens is 1. The number of ether oxygens (including phenoxy) is 1. The molecule has 2 aromatic rings. The highest BCUT2D eigenvalue weighted by molar-refractivity contribution is 7.89. The second-order valence-corrected chi connectivity index (χ2v) is 8.73. The maximum atomic E-state index is 12.6. The second kappa shape index (κ2) is 8.34. The number of nitrogens with zero attached hydrogens (tertiary/aromatic N) is 1. The SMILES string of the molecule is Cc1cc(C(=O)COC(=O)C2CC=CCC2)c(C)n1-c1ccc(S(N)(=O)=O)cc1. The first-order valence-corrected chi connectivity index (χ1v) is 10.9. The van der Waals surface area contributed by atoms with Crippen molar-refractivity contribution in [3.05, 3.63) is 59.4 Å². The first-order chi connectivity index (χ1) is 13.7. The summed E-state index contributed by atoms with van der Waals surface area (Å²) in [6.45, 7) is 3.34. The molecule has 7 nitrogen and oxygen atoms in total. The predicted molar refractivity (Wildman–Crippen MR) is 108 cm³/mol. The lowest BCUT2D eigenvalue weighted by Gasteiger charge is -2.16. The lowest BCUT2D eigenvalue weighted by Crippen LogP contribution is -2.22. The van der Waals surface area contributed by atoms with Crippen molar-refractivity contribution in [3.63, 3.8) is 0 Å². The number of rotatable bonds is 6. The van der Waals surface area contributed by atoms with Gasteiger partial charge in [0.2, 0.25) is 15.8 Å². The normalized spacial score (nSPS) is 16.6.